The normalized spacial score (nSPS) is 11.0. The van der Waals surface area contributed by atoms with Crippen LogP contribution in [0.3, 0.4) is 0 Å². The van der Waals surface area contributed by atoms with E-state index in [0.717, 1.165) is 23.0 Å². The Labute approximate surface area is 181 Å². The number of nitrogens with one attached hydrogen (secondary N) is 1. The van der Waals surface area contributed by atoms with Gasteiger partial charge >= 0.3 is 0 Å². The summed E-state index contributed by atoms with van der Waals surface area (Å²) >= 11 is 0. The summed E-state index contributed by atoms with van der Waals surface area (Å²) in [6, 6.07) is 16.3. The number of nitriles is 1. The minimum atomic E-state index is -0.538. The SMILES string of the molecule is N#Cc1cc(C(=O)NN=Cc2cccc3c2ccn3Cc2cc(F)ccc2F)ccc1O. The van der Waals surface area contributed by atoms with E-state index in [4.69, 9.17) is 5.26 Å². The number of nitrogens with zero attached hydrogens (tertiary/aromatic N) is 3. The molecule has 0 fully saturated rings. The molecule has 32 heavy (non-hydrogen) atoms. The number of phenolic OH excluding ortho intramolecular Hbond substituents is 1. The van der Waals surface area contributed by atoms with Crippen molar-refractivity contribution in [1.29, 1.82) is 5.26 Å². The minimum absolute atomic E-state index is 0.0116. The van der Waals surface area contributed by atoms with Gasteiger partial charge in [0.15, 0.2) is 0 Å². The maximum absolute atomic E-state index is 14.0. The number of benzene rings is 3. The molecule has 0 atom stereocenters. The predicted octanol–water partition coefficient (Wildman–Crippen LogP) is 4.31. The summed E-state index contributed by atoms with van der Waals surface area (Å²) < 4.78 is 29.3. The van der Waals surface area contributed by atoms with Gasteiger partial charge in [-0.2, -0.15) is 10.4 Å². The van der Waals surface area contributed by atoms with E-state index in [-0.39, 0.29) is 29.0 Å². The van der Waals surface area contributed by atoms with E-state index in [2.05, 4.69) is 10.5 Å². The monoisotopic (exact) mass is 430 g/mol. The smallest absolute Gasteiger partial charge is 0.271 e. The first-order chi connectivity index (χ1) is 15.5. The highest BCUT2D eigenvalue weighted by molar-refractivity contribution is 6.00. The number of hydrazone groups is 1. The fraction of sp³-hybridized carbons (Fsp3) is 0.0417. The molecule has 8 heteroatoms. The second-order valence-electron chi connectivity index (χ2n) is 7.00. The Morgan fingerprint density at radius 3 is 2.81 bits per heavy atom. The van der Waals surface area contributed by atoms with Gasteiger partial charge in [-0.15, -0.1) is 0 Å². The molecule has 6 nitrogen and oxygen atoms in total. The summed E-state index contributed by atoms with van der Waals surface area (Å²) in [5.74, 6) is -1.73. The van der Waals surface area contributed by atoms with E-state index in [1.807, 2.05) is 12.1 Å². The van der Waals surface area contributed by atoms with E-state index < -0.39 is 17.5 Å². The first-order valence-electron chi connectivity index (χ1n) is 9.54. The molecule has 1 heterocycles. The minimum Gasteiger partial charge on any atom is -0.507 e. The van der Waals surface area contributed by atoms with Crippen molar-refractivity contribution in [2.75, 3.05) is 0 Å². The van der Waals surface area contributed by atoms with Gasteiger partial charge in [0.05, 0.1) is 18.3 Å². The molecule has 158 valence electrons. The molecule has 0 saturated carbocycles. The number of aromatic hydroxyl groups is 1. The number of hydrogen-bond acceptors (Lipinski definition) is 4. The summed E-state index contributed by atoms with van der Waals surface area (Å²) in [5, 5.41) is 23.3. The van der Waals surface area contributed by atoms with Crippen LogP contribution in [-0.2, 0) is 6.54 Å². The fourth-order valence-corrected chi connectivity index (χ4v) is 3.34. The first kappa shape index (κ1) is 20.8. The summed E-state index contributed by atoms with van der Waals surface area (Å²) in [6.07, 6.45) is 3.24. The van der Waals surface area contributed by atoms with Crippen molar-refractivity contribution in [2.24, 2.45) is 5.10 Å². The Kier molecular flexibility index (Phi) is 5.64. The van der Waals surface area contributed by atoms with Gasteiger partial charge in [-0.25, -0.2) is 14.2 Å². The Hall–Kier alpha value is -4.51. The van der Waals surface area contributed by atoms with Gasteiger partial charge in [0.1, 0.15) is 23.5 Å². The number of aromatic nitrogens is 1. The van der Waals surface area contributed by atoms with Crippen LogP contribution in [0, 0.1) is 23.0 Å². The summed E-state index contributed by atoms with van der Waals surface area (Å²) in [4.78, 5) is 12.3. The number of halogens is 2. The van der Waals surface area contributed by atoms with Gasteiger partial charge < -0.3 is 9.67 Å². The number of hydrogen-bond donors (Lipinski definition) is 2. The van der Waals surface area contributed by atoms with Gasteiger partial charge in [-0.05, 0) is 48.5 Å². The van der Waals surface area contributed by atoms with Crippen LogP contribution in [0.25, 0.3) is 10.9 Å². The standard InChI is InChI=1S/C24H16F2N4O2/c25-19-5-6-21(26)18(11-19)14-30-9-8-20-16(2-1-3-22(20)30)13-28-29-24(32)15-4-7-23(31)17(10-15)12-27/h1-11,13,31H,14H2,(H,29,32). The van der Waals surface area contributed by atoms with Crippen molar-refractivity contribution in [3.8, 4) is 11.8 Å². The Morgan fingerprint density at radius 1 is 1.16 bits per heavy atom. The zero-order valence-electron chi connectivity index (χ0n) is 16.6. The second kappa shape index (κ2) is 8.70. The van der Waals surface area contributed by atoms with Crippen LogP contribution in [0.5, 0.6) is 5.75 Å². The molecule has 0 spiro atoms. The van der Waals surface area contributed by atoms with Crippen molar-refractivity contribution in [2.45, 2.75) is 6.54 Å². The maximum atomic E-state index is 14.0. The quantitative estimate of drug-likeness (QED) is 0.365. The summed E-state index contributed by atoms with van der Waals surface area (Å²) in [6.45, 7) is 0.159. The van der Waals surface area contributed by atoms with E-state index in [0.29, 0.717) is 5.56 Å². The third-order valence-electron chi connectivity index (χ3n) is 4.94. The zero-order valence-corrected chi connectivity index (χ0v) is 16.6. The molecule has 0 aliphatic carbocycles. The van der Waals surface area contributed by atoms with E-state index >= 15 is 0 Å². The van der Waals surface area contributed by atoms with Crippen molar-refractivity contribution < 1.29 is 18.7 Å². The molecular weight excluding hydrogens is 414 g/mol. The van der Waals surface area contributed by atoms with Crippen molar-refractivity contribution >= 4 is 23.0 Å². The third kappa shape index (κ3) is 4.18. The molecule has 0 aliphatic rings. The molecule has 1 aromatic heterocycles. The number of rotatable bonds is 5. The van der Waals surface area contributed by atoms with Gasteiger partial charge in [0.25, 0.3) is 5.91 Å². The molecule has 4 rings (SSSR count). The van der Waals surface area contributed by atoms with Crippen molar-refractivity contribution in [3.05, 3.63) is 101 Å². The lowest BCUT2D eigenvalue weighted by Crippen LogP contribution is -2.17. The molecule has 0 saturated heterocycles. The average molecular weight is 430 g/mol. The van der Waals surface area contributed by atoms with Crippen LogP contribution in [-0.4, -0.2) is 21.8 Å². The largest absolute Gasteiger partial charge is 0.507 e. The van der Waals surface area contributed by atoms with Crippen molar-refractivity contribution in [1.82, 2.24) is 9.99 Å². The van der Waals surface area contributed by atoms with Crippen LogP contribution in [0.15, 0.2) is 72.0 Å². The van der Waals surface area contributed by atoms with Crippen LogP contribution in [0.4, 0.5) is 8.78 Å². The van der Waals surface area contributed by atoms with Crippen LogP contribution in [0.1, 0.15) is 27.0 Å². The molecule has 3 aromatic carbocycles. The Morgan fingerprint density at radius 2 is 2.00 bits per heavy atom. The number of amides is 1. The highest BCUT2D eigenvalue weighted by atomic mass is 19.1. The molecular formula is C24H16F2N4O2. The summed E-state index contributed by atoms with van der Waals surface area (Å²) in [7, 11) is 0. The fourth-order valence-electron chi connectivity index (χ4n) is 3.34. The number of carbonyl (C=O) groups excluding carboxylic acids is 1. The van der Waals surface area contributed by atoms with E-state index in [1.165, 1.54) is 30.5 Å². The van der Waals surface area contributed by atoms with Crippen LogP contribution in [0.2, 0.25) is 0 Å². The zero-order chi connectivity index (χ0) is 22.7. The predicted molar refractivity (Wildman–Crippen MR) is 115 cm³/mol. The molecule has 2 N–H and O–H groups in total. The van der Waals surface area contributed by atoms with Crippen LogP contribution >= 0.6 is 0 Å². The Balaban J connectivity index is 1.54. The molecule has 0 aliphatic heterocycles. The number of carbonyl (C=O) groups is 1. The molecule has 4 aromatic rings. The number of phenols is 1. The van der Waals surface area contributed by atoms with Gasteiger partial charge in [-0.1, -0.05) is 12.1 Å². The molecule has 1 amide bonds. The van der Waals surface area contributed by atoms with Crippen LogP contribution < -0.4 is 5.43 Å². The topological polar surface area (TPSA) is 90.4 Å². The highest BCUT2D eigenvalue weighted by Gasteiger charge is 2.10. The lowest BCUT2D eigenvalue weighted by molar-refractivity contribution is 0.0955. The van der Waals surface area contributed by atoms with Gasteiger partial charge in [-0.3, -0.25) is 4.79 Å². The first-order valence-corrected chi connectivity index (χ1v) is 9.54. The Bertz CT molecular complexity index is 1400. The average Bonchev–Trinajstić information content (AvgIpc) is 3.20. The van der Waals surface area contributed by atoms with Gasteiger partial charge in [0.2, 0.25) is 0 Å². The lowest BCUT2D eigenvalue weighted by atomic mass is 10.1. The molecule has 0 unspecified atom stereocenters. The van der Waals surface area contributed by atoms with E-state index in [9.17, 15) is 18.7 Å². The molecule has 0 bridgehead atoms. The highest BCUT2D eigenvalue weighted by Crippen LogP contribution is 2.22. The third-order valence-corrected chi connectivity index (χ3v) is 4.94. The van der Waals surface area contributed by atoms with Gasteiger partial charge in [0, 0.05) is 33.8 Å². The maximum Gasteiger partial charge on any atom is 0.271 e. The van der Waals surface area contributed by atoms with E-state index in [1.54, 1.807) is 29.0 Å². The lowest BCUT2D eigenvalue weighted by Gasteiger charge is -2.08. The number of fused-ring (bicyclic) bond motifs is 1. The second-order valence-corrected chi connectivity index (χ2v) is 7.00. The van der Waals surface area contributed by atoms with Crippen molar-refractivity contribution in [3.63, 3.8) is 0 Å². The summed E-state index contributed by atoms with van der Waals surface area (Å²) in [5.41, 5.74) is 4.29. The molecule has 0 radical (unpaired) electrons.